The van der Waals surface area contributed by atoms with Crippen LogP contribution in [0.15, 0.2) is 16.9 Å². The number of hydrogen-bond acceptors (Lipinski definition) is 1. The lowest BCUT2D eigenvalue weighted by molar-refractivity contribution is 0.408. The molecule has 0 aromatic carbocycles. The first-order valence-corrected chi connectivity index (χ1v) is 5.24. The van der Waals surface area contributed by atoms with Gasteiger partial charge in [-0.2, -0.15) is 0 Å². The van der Waals surface area contributed by atoms with E-state index in [0.29, 0.717) is 0 Å². The lowest BCUT2D eigenvalue weighted by atomic mass is 9.78. The van der Waals surface area contributed by atoms with E-state index in [1.54, 1.807) is 12.5 Å². The van der Waals surface area contributed by atoms with Gasteiger partial charge in [0, 0.05) is 5.56 Å². The van der Waals surface area contributed by atoms with Crippen molar-refractivity contribution in [2.75, 3.05) is 0 Å². The van der Waals surface area contributed by atoms with E-state index in [1.807, 2.05) is 0 Å². The van der Waals surface area contributed by atoms with Gasteiger partial charge in [0.25, 0.3) is 0 Å². The van der Waals surface area contributed by atoms with Crippen molar-refractivity contribution in [2.24, 2.45) is 0 Å². The van der Waals surface area contributed by atoms with Gasteiger partial charge in [-0.05, 0) is 18.3 Å². The molecule has 0 amide bonds. The molecule has 1 nitrogen and oxygen atoms in total. The van der Waals surface area contributed by atoms with Gasteiger partial charge < -0.3 is 4.42 Å². The summed E-state index contributed by atoms with van der Waals surface area (Å²) in [6.07, 6.45) is 6.82. The highest BCUT2D eigenvalue weighted by molar-refractivity contribution is 6.31. The first-order valence-electron chi connectivity index (χ1n) is 4.86. The molecule has 0 aliphatic heterocycles. The SMILES string of the molecule is CCCC(C)(CC)c1cocc1Cl. The van der Waals surface area contributed by atoms with Crippen LogP contribution in [-0.2, 0) is 5.41 Å². The minimum absolute atomic E-state index is 0.179. The molecule has 1 rings (SSSR count). The maximum Gasteiger partial charge on any atom is 0.109 e. The smallest absolute Gasteiger partial charge is 0.109 e. The second-order valence-electron chi connectivity index (χ2n) is 3.80. The fourth-order valence-corrected chi connectivity index (χ4v) is 2.09. The molecule has 1 aromatic heterocycles. The first kappa shape index (κ1) is 10.6. The highest BCUT2D eigenvalue weighted by atomic mass is 35.5. The molecule has 0 aliphatic carbocycles. The Morgan fingerprint density at radius 1 is 1.38 bits per heavy atom. The summed E-state index contributed by atoms with van der Waals surface area (Å²) in [5.74, 6) is 0. The zero-order valence-electron chi connectivity index (χ0n) is 8.56. The quantitative estimate of drug-likeness (QED) is 0.702. The van der Waals surface area contributed by atoms with Crippen LogP contribution in [0.3, 0.4) is 0 Å². The van der Waals surface area contributed by atoms with Gasteiger partial charge in [0.05, 0.1) is 11.3 Å². The normalized spacial score (nSPS) is 15.7. The van der Waals surface area contributed by atoms with Crippen molar-refractivity contribution in [3.05, 3.63) is 23.1 Å². The second-order valence-corrected chi connectivity index (χ2v) is 4.20. The number of halogens is 1. The van der Waals surface area contributed by atoms with E-state index < -0.39 is 0 Å². The molecule has 0 saturated heterocycles. The Morgan fingerprint density at radius 3 is 2.46 bits per heavy atom. The molecule has 0 aliphatic rings. The molecule has 74 valence electrons. The highest BCUT2D eigenvalue weighted by Crippen LogP contribution is 2.37. The van der Waals surface area contributed by atoms with Crippen molar-refractivity contribution in [1.29, 1.82) is 0 Å². The standard InChI is InChI=1S/C11H17ClO/c1-4-6-11(3,5-2)9-7-13-8-10(9)12/h7-8H,4-6H2,1-3H3. The summed E-state index contributed by atoms with van der Waals surface area (Å²) in [4.78, 5) is 0. The van der Waals surface area contributed by atoms with Crippen LogP contribution >= 0.6 is 11.6 Å². The molecule has 1 atom stereocenters. The lowest BCUT2D eigenvalue weighted by Crippen LogP contribution is -2.20. The van der Waals surface area contributed by atoms with Crippen molar-refractivity contribution >= 4 is 11.6 Å². The van der Waals surface area contributed by atoms with E-state index in [1.165, 1.54) is 6.42 Å². The molecule has 1 aromatic rings. The summed E-state index contributed by atoms with van der Waals surface area (Å²) >= 11 is 6.04. The van der Waals surface area contributed by atoms with Crippen molar-refractivity contribution in [2.45, 2.75) is 45.4 Å². The first-order chi connectivity index (χ1) is 6.14. The Morgan fingerprint density at radius 2 is 2.08 bits per heavy atom. The third-order valence-corrected chi connectivity index (χ3v) is 3.14. The summed E-state index contributed by atoms with van der Waals surface area (Å²) in [5, 5.41) is 0.762. The van der Waals surface area contributed by atoms with Gasteiger partial charge in [0.1, 0.15) is 6.26 Å². The second kappa shape index (κ2) is 4.19. The molecular formula is C11H17ClO. The molecule has 0 fully saturated rings. The summed E-state index contributed by atoms with van der Waals surface area (Å²) in [5.41, 5.74) is 1.33. The zero-order valence-corrected chi connectivity index (χ0v) is 9.32. The Bertz CT molecular complexity index is 267. The molecule has 0 radical (unpaired) electrons. The zero-order chi connectivity index (χ0) is 9.90. The van der Waals surface area contributed by atoms with Gasteiger partial charge >= 0.3 is 0 Å². The number of rotatable bonds is 4. The van der Waals surface area contributed by atoms with Crippen LogP contribution in [0.2, 0.25) is 5.02 Å². The van der Waals surface area contributed by atoms with Gasteiger partial charge in [0.2, 0.25) is 0 Å². The fourth-order valence-electron chi connectivity index (χ4n) is 1.77. The van der Waals surface area contributed by atoms with Crippen molar-refractivity contribution in [3.8, 4) is 0 Å². The molecule has 0 saturated carbocycles. The van der Waals surface area contributed by atoms with Gasteiger partial charge in [-0.1, -0.05) is 38.8 Å². The molecule has 2 heteroatoms. The highest BCUT2D eigenvalue weighted by Gasteiger charge is 2.27. The van der Waals surface area contributed by atoms with Crippen LogP contribution in [0.5, 0.6) is 0 Å². The molecule has 1 heterocycles. The maximum atomic E-state index is 6.04. The van der Waals surface area contributed by atoms with E-state index in [2.05, 4.69) is 20.8 Å². The largest absolute Gasteiger partial charge is 0.471 e. The summed E-state index contributed by atoms with van der Waals surface area (Å²) in [6.45, 7) is 6.63. The topological polar surface area (TPSA) is 13.1 Å². The van der Waals surface area contributed by atoms with Gasteiger partial charge in [-0.25, -0.2) is 0 Å². The minimum atomic E-state index is 0.179. The van der Waals surface area contributed by atoms with Crippen molar-refractivity contribution in [3.63, 3.8) is 0 Å². The van der Waals surface area contributed by atoms with E-state index in [9.17, 15) is 0 Å². The maximum absolute atomic E-state index is 6.04. The predicted molar refractivity (Wildman–Crippen MR) is 56.3 cm³/mol. The van der Waals surface area contributed by atoms with Gasteiger partial charge in [-0.3, -0.25) is 0 Å². The molecule has 0 spiro atoms. The van der Waals surface area contributed by atoms with E-state index in [-0.39, 0.29) is 5.41 Å². The summed E-state index contributed by atoms with van der Waals surface area (Å²) < 4.78 is 5.11. The molecular weight excluding hydrogens is 184 g/mol. The van der Waals surface area contributed by atoms with Crippen molar-refractivity contribution in [1.82, 2.24) is 0 Å². The summed E-state index contributed by atoms with van der Waals surface area (Å²) in [7, 11) is 0. The van der Waals surface area contributed by atoms with E-state index >= 15 is 0 Å². The monoisotopic (exact) mass is 200 g/mol. The Hall–Kier alpha value is -0.430. The molecule has 0 N–H and O–H groups in total. The molecule has 0 bridgehead atoms. The van der Waals surface area contributed by atoms with E-state index in [0.717, 1.165) is 23.4 Å². The Balaban J connectivity index is 2.95. The van der Waals surface area contributed by atoms with Crippen LogP contribution in [-0.4, -0.2) is 0 Å². The third kappa shape index (κ3) is 2.08. The van der Waals surface area contributed by atoms with Crippen LogP contribution < -0.4 is 0 Å². The predicted octanol–water partition coefficient (Wildman–Crippen LogP) is 4.40. The lowest BCUT2D eigenvalue weighted by Gasteiger charge is -2.26. The van der Waals surface area contributed by atoms with Gasteiger partial charge in [-0.15, -0.1) is 0 Å². The van der Waals surface area contributed by atoms with Crippen LogP contribution in [0.1, 0.15) is 45.6 Å². The average Bonchev–Trinajstić information content (AvgIpc) is 2.52. The molecule has 13 heavy (non-hydrogen) atoms. The van der Waals surface area contributed by atoms with Crippen molar-refractivity contribution < 1.29 is 4.42 Å². The number of furan rings is 1. The molecule has 1 unspecified atom stereocenters. The Kier molecular flexibility index (Phi) is 3.43. The van der Waals surface area contributed by atoms with Crippen LogP contribution in [0, 0.1) is 0 Å². The van der Waals surface area contributed by atoms with Crippen LogP contribution in [0.25, 0.3) is 0 Å². The minimum Gasteiger partial charge on any atom is -0.471 e. The van der Waals surface area contributed by atoms with E-state index in [4.69, 9.17) is 16.0 Å². The third-order valence-electron chi connectivity index (χ3n) is 2.85. The Labute approximate surface area is 85.1 Å². The summed E-state index contributed by atoms with van der Waals surface area (Å²) in [6, 6.07) is 0. The number of hydrogen-bond donors (Lipinski definition) is 0. The average molecular weight is 201 g/mol. The van der Waals surface area contributed by atoms with Gasteiger partial charge in [0.15, 0.2) is 0 Å². The van der Waals surface area contributed by atoms with Crippen LogP contribution in [0.4, 0.5) is 0 Å². The fraction of sp³-hybridized carbons (Fsp3) is 0.636.